The van der Waals surface area contributed by atoms with Crippen LogP contribution in [0.15, 0.2) is 46.8 Å². The van der Waals surface area contributed by atoms with E-state index >= 15 is 0 Å². The minimum atomic E-state index is 0.830. The molecule has 0 bridgehead atoms. The second-order valence-corrected chi connectivity index (χ2v) is 7.34. The van der Waals surface area contributed by atoms with E-state index in [-0.39, 0.29) is 0 Å². The van der Waals surface area contributed by atoms with Gasteiger partial charge in [-0.3, -0.25) is 9.89 Å². The maximum atomic E-state index is 4.74. The molecule has 0 spiro atoms. The number of hydrogen-bond acceptors (Lipinski definition) is 3. The molecule has 0 fully saturated rings. The third-order valence-electron chi connectivity index (χ3n) is 4.48. The summed E-state index contributed by atoms with van der Waals surface area (Å²) >= 11 is 1.81. The lowest BCUT2D eigenvalue weighted by Crippen LogP contribution is -2.39. The molecule has 4 nitrogen and oxygen atoms in total. The molecule has 5 heteroatoms. The number of nitrogens with zero attached hydrogens (tertiary/aromatic N) is 2. The molecule has 1 aliphatic heterocycles. The van der Waals surface area contributed by atoms with E-state index in [4.69, 9.17) is 4.99 Å². The molecule has 0 saturated heterocycles. The van der Waals surface area contributed by atoms with Crippen LogP contribution in [0.3, 0.4) is 0 Å². The number of benzene rings is 1. The van der Waals surface area contributed by atoms with Gasteiger partial charge in [-0.05, 0) is 42.3 Å². The van der Waals surface area contributed by atoms with Gasteiger partial charge in [0, 0.05) is 37.6 Å². The van der Waals surface area contributed by atoms with Gasteiger partial charge in [0.05, 0.1) is 6.54 Å². The molecule has 0 unspecified atom stereocenters. The van der Waals surface area contributed by atoms with Crippen LogP contribution in [0, 0.1) is 0 Å². The van der Waals surface area contributed by atoms with Crippen molar-refractivity contribution in [2.24, 2.45) is 4.99 Å². The summed E-state index contributed by atoms with van der Waals surface area (Å²) in [4.78, 5) is 8.65. The molecule has 0 saturated carbocycles. The van der Waals surface area contributed by atoms with Crippen LogP contribution in [-0.4, -0.2) is 43.6 Å². The van der Waals surface area contributed by atoms with Gasteiger partial charge in [0.15, 0.2) is 5.96 Å². The molecule has 2 aromatic rings. The second kappa shape index (κ2) is 9.59. The monoisotopic (exact) mass is 356 g/mol. The summed E-state index contributed by atoms with van der Waals surface area (Å²) in [7, 11) is 0. The van der Waals surface area contributed by atoms with Gasteiger partial charge in [0.2, 0.25) is 0 Å². The largest absolute Gasteiger partial charge is 0.357 e. The number of fused-ring (bicyclic) bond motifs is 1. The summed E-state index contributed by atoms with van der Waals surface area (Å²) < 4.78 is 0. The van der Waals surface area contributed by atoms with Crippen LogP contribution in [-0.2, 0) is 19.4 Å². The van der Waals surface area contributed by atoms with Gasteiger partial charge in [-0.1, -0.05) is 30.3 Å². The Labute approximate surface area is 155 Å². The van der Waals surface area contributed by atoms with Crippen molar-refractivity contribution in [1.82, 2.24) is 15.5 Å². The van der Waals surface area contributed by atoms with Crippen LogP contribution >= 0.6 is 11.3 Å². The molecule has 134 valence electrons. The Morgan fingerprint density at radius 2 is 2.04 bits per heavy atom. The lowest BCUT2D eigenvalue weighted by atomic mass is 10.0. The Hall–Kier alpha value is -1.85. The molecule has 2 heterocycles. The molecule has 3 rings (SSSR count). The van der Waals surface area contributed by atoms with Crippen LogP contribution in [0.25, 0.3) is 0 Å². The Morgan fingerprint density at radius 1 is 1.16 bits per heavy atom. The molecule has 1 aromatic heterocycles. The molecular weight excluding hydrogens is 328 g/mol. The van der Waals surface area contributed by atoms with Crippen molar-refractivity contribution in [3.63, 3.8) is 0 Å². The third kappa shape index (κ3) is 5.58. The summed E-state index contributed by atoms with van der Waals surface area (Å²) in [5, 5.41) is 8.91. The molecule has 0 aliphatic carbocycles. The van der Waals surface area contributed by atoms with Crippen molar-refractivity contribution in [3.8, 4) is 0 Å². The first-order valence-corrected chi connectivity index (χ1v) is 10.1. The number of rotatable bonds is 7. The van der Waals surface area contributed by atoms with Crippen molar-refractivity contribution in [2.45, 2.75) is 26.3 Å². The minimum absolute atomic E-state index is 0.830. The normalized spacial score (nSPS) is 15.0. The van der Waals surface area contributed by atoms with E-state index in [9.17, 15) is 0 Å². The zero-order valence-corrected chi connectivity index (χ0v) is 15.8. The maximum absolute atomic E-state index is 4.74. The fourth-order valence-electron chi connectivity index (χ4n) is 3.15. The topological polar surface area (TPSA) is 39.7 Å². The van der Waals surface area contributed by atoms with Crippen LogP contribution in [0.4, 0.5) is 0 Å². The predicted octanol–water partition coefficient (Wildman–Crippen LogP) is 2.90. The Bertz CT molecular complexity index is 666. The Kier molecular flexibility index (Phi) is 6.89. The number of hydrogen-bond donors (Lipinski definition) is 2. The Balaban J connectivity index is 1.43. The number of thiophene rings is 1. The number of aliphatic imine (C=N–C) groups is 1. The lowest BCUT2D eigenvalue weighted by molar-refractivity contribution is 0.261. The fraction of sp³-hybridized carbons (Fsp3) is 0.450. The third-order valence-corrected chi connectivity index (χ3v) is 5.42. The van der Waals surface area contributed by atoms with Gasteiger partial charge in [-0.2, -0.15) is 0 Å². The van der Waals surface area contributed by atoms with Gasteiger partial charge in [0.25, 0.3) is 0 Å². The van der Waals surface area contributed by atoms with E-state index < -0.39 is 0 Å². The first-order chi connectivity index (χ1) is 12.3. The molecule has 0 amide bonds. The van der Waals surface area contributed by atoms with E-state index in [1.807, 2.05) is 11.3 Å². The smallest absolute Gasteiger partial charge is 0.191 e. The predicted molar refractivity (Wildman–Crippen MR) is 107 cm³/mol. The first-order valence-electron chi connectivity index (χ1n) is 9.19. The van der Waals surface area contributed by atoms with Crippen molar-refractivity contribution < 1.29 is 0 Å². The van der Waals surface area contributed by atoms with Crippen LogP contribution in [0.2, 0.25) is 0 Å². The number of nitrogens with one attached hydrogen (secondary N) is 2. The highest BCUT2D eigenvalue weighted by atomic mass is 32.1. The van der Waals surface area contributed by atoms with E-state index in [0.717, 1.165) is 58.1 Å². The maximum Gasteiger partial charge on any atom is 0.191 e. The highest BCUT2D eigenvalue weighted by Crippen LogP contribution is 2.17. The zero-order valence-electron chi connectivity index (χ0n) is 15.0. The minimum Gasteiger partial charge on any atom is -0.357 e. The van der Waals surface area contributed by atoms with Crippen LogP contribution < -0.4 is 10.6 Å². The summed E-state index contributed by atoms with van der Waals surface area (Å²) in [6.07, 6.45) is 2.20. The van der Waals surface area contributed by atoms with E-state index in [1.54, 1.807) is 0 Å². The van der Waals surface area contributed by atoms with Crippen molar-refractivity contribution in [1.29, 1.82) is 0 Å². The molecule has 1 aromatic carbocycles. The van der Waals surface area contributed by atoms with Crippen molar-refractivity contribution in [2.75, 3.05) is 32.7 Å². The van der Waals surface area contributed by atoms with Crippen LogP contribution in [0.1, 0.15) is 22.9 Å². The van der Waals surface area contributed by atoms with E-state index in [0.29, 0.717) is 0 Å². The molecule has 0 radical (unpaired) electrons. The second-order valence-electron chi connectivity index (χ2n) is 6.31. The van der Waals surface area contributed by atoms with Gasteiger partial charge < -0.3 is 10.6 Å². The number of guanidine groups is 1. The highest BCUT2D eigenvalue weighted by molar-refractivity contribution is 7.09. The highest BCUT2D eigenvalue weighted by Gasteiger charge is 2.14. The summed E-state index contributed by atoms with van der Waals surface area (Å²) in [6, 6.07) is 13.1. The summed E-state index contributed by atoms with van der Waals surface area (Å²) in [6.45, 7) is 7.94. The quantitative estimate of drug-likeness (QED) is 0.592. The van der Waals surface area contributed by atoms with Gasteiger partial charge in [-0.25, -0.2) is 0 Å². The van der Waals surface area contributed by atoms with Gasteiger partial charge in [0.1, 0.15) is 0 Å². The molecule has 1 aliphatic rings. The molecule has 2 N–H and O–H groups in total. The van der Waals surface area contributed by atoms with Gasteiger partial charge >= 0.3 is 0 Å². The standard InChI is InChI=1S/C20H28N4S/c1-2-21-20(22-11-9-19-8-5-15-25-19)23-12-14-24-13-10-17-6-3-4-7-18(17)16-24/h3-8,15H,2,9-14,16H2,1H3,(H2,21,22,23). The zero-order chi connectivity index (χ0) is 17.3. The SMILES string of the molecule is CCNC(=NCCN1CCc2ccccc2C1)NCCc1cccs1. The van der Waals surface area contributed by atoms with E-state index in [1.165, 1.54) is 16.0 Å². The lowest BCUT2D eigenvalue weighted by Gasteiger charge is -2.28. The molecule has 0 atom stereocenters. The molecule has 25 heavy (non-hydrogen) atoms. The van der Waals surface area contributed by atoms with Crippen LogP contribution in [0.5, 0.6) is 0 Å². The van der Waals surface area contributed by atoms with E-state index in [2.05, 4.69) is 64.2 Å². The van der Waals surface area contributed by atoms with Gasteiger partial charge in [-0.15, -0.1) is 11.3 Å². The van der Waals surface area contributed by atoms with Crippen molar-refractivity contribution in [3.05, 3.63) is 57.8 Å². The average molecular weight is 357 g/mol. The fourth-order valence-corrected chi connectivity index (χ4v) is 3.86. The first kappa shape index (κ1) is 18.0. The Morgan fingerprint density at radius 3 is 2.84 bits per heavy atom. The molecular formula is C20H28N4S. The van der Waals surface area contributed by atoms with Crippen molar-refractivity contribution >= 4 is 17.3 Å². The summed E-state index contributed by atoms with van der Waals surface area (Å²) in [5.41, 5.74) is 2.98. The summed E-state index contributed by atoms with van der Waals surface area (Å²) in [5.74, 6) is 0.927. The average Bonchev–Trinajstić information content (AvgIpc) is 3.15.